The van der Waals surface area contributed by atoms with Crippen molar-refractivity contribution in [1.29, 1.82) is 0 Å². The van der Waals surface area contributed by atoms with Gasteiger partial charge in [-0.1, -0.05) is 51.3 Å². The largest absolute Gasteiger partial charge is 0.263 e. The van der Waals surface area contributed by atoms with Gasteiger partial charge in [-0.25, -0.2) is 8.78 Å². The van der Waals surface area contributed by atoms with Crippen molar-refractivity contribution < 1.29 is 8.78 Å². The monoisotopic (exact) mass is 254 g/mol. The van der Waals surface area contributed by atoms with E-state index in [0.29, 0.717) is 5.92 Å². The molecular weight excluding hydrogens is 230 g/mol. The minimum Gasteiger partial charge on any atom is -0.205 e. The number of hydrogen-bond donors (Lipinski definition) is 0. The van der Waals surface area contributed by atoms with Gasteiger partial charge in [0.2, 0.25) is 0 Å². The zero-order valence-electron chi connectivity index (χ0n) is 11.7. The minimum atomic E-state index is -2.36. The maximum absolute atomic E-state index is 12.6. The first-order valence-corrected chi connectivity index (χ1v) is 6.98. The van der Waals surface area contributed by atoms with Gasteiger partial charge in [0.05, 0.1) is 0 Å². The zero-order valence-corrected chi connectivity index (χ0v) is 11.7. The van der Waals surface area contributed by atoms with E-state index in [9.17, 15) is 8.78 Å². The van der Waals surface area contributed by atoms with Gasteiger partial charge in [-0.3, -0.25) is 0 Å². The number of hydrogen-bond acceptors (Lipinski definition) is 0. The fraction of sp³-hybridized carbons (Fsp3) is 0.625. The quantitative estimate of drug-likeness (QED) is 0.559. The predicted molar refractivity (Wildman–Crippen MR) is 73.3 cm³/mol. The number of rotatable bonds is 7. The minimum absolute atomic E-state index is 0.141. The van der Waals surface area contributed by atoms with Crippen molar-refractivity contribution in [2.24, 2.45) is 0 Å². The summed E-state index contributed by atoms with van der Waals surface area (Å²) in [7, 11) is 0. The van der Waals surface area contributed by atoms with E-state index in [-0.39, 0.29) is 5.56 Å². The van der Waals surface area contributed by atoms with Crippen LogP contribution in [0, 0.1) is 6.92 Å². The van der Waals surface area contributed by atoms with Gasteiger partial charge in [-0.2, -0.15) is 0 Å². The van der Waals surface area contributed by atoms with Crippen LogP contribution >= 0.6 is 0 Å². The number of halogens is 2. The van der Waals surface area contributed by atoms with Crippen molar-refractivity contribution in [3.05, 3.63) is 34.9 Å². The lowest BCUT2D eigenvalue weighted by Gasteiger charge is -2.19. The summed E-state index contributed by atoms with van der Waals surface area (Å²) < 4.78 is 25.3. The van der Waals surface area contributed by atoms with Crippen LogP contribution in [0.4, 0.5) is 8.78 Å². The molecule has 18 heavy (non-hydrogen) atoms. The lowest BCUT2D eigenvalue weighted by Crippen LogP contribution is -2.02. The lowest BCUT2D eigenvalue weighted by molar-refractivity contribution is 0.151. The molecule has 1 unspecified atom stereocenters. The van der Waals surface area contributed by atoms with E-state index in [0.717, 1.165) is 18.4 Å². The highest BCUT2D eigenvalue weighted by molar-refractivity contribution is 5.34. The number of alkyl halides is 2. The van der Waals surface area contributed by atoms with Crippen LogP contribution < -0.4 is 0 Å². The maximum atomic E-state index is 12.6. The molecule has 0 aliphatic rings. The molecule has 0 N–H and O–H groups in total. The average molecular weight is 254 g/mol. The normalized spacial score (nSPS) is 13.0. The molecule has 0 aliphatic heterocycles. The Kier molecular flexibility index (Phi) is 6.31. The van der Waals surface area contributed by atoms with Gasteiger partial charge < -0.3 is 0 Å². The van der Waals surface area contributed by atoms with Crippen molar-refractivity contribution in [1.82, 2.24) is 0 Å². The third-order valence-corrected chi connectivity index (χ3v) is 3.53. The van der Waals surface area contributed by atoms with E-state index < -0.39 is 6.43 Å². The summed E-state index contributed by atoms with van der Waals surface area (Å²) in [6.45, 7) is 6.33. The highest BCUT2D eigenvalue weighted by Gasteiger charge is 2.15. The Morgan fingerprint density at radius 2 is 1.78 bits per heavy atom. The Labute approximate surface area is 109 Å². The van der Waals surface area contributed by atoms with Crippen molar-refractivity contribution >= 4 is 0 Å². The fourth-order valence-corrected chi connectivity index (χ4v) is 2.55. The molecule has 0 aliphatic carbocycles. The predicted octanol–water partition coefficient (Wildman–Crippen LogP) is 6.01. The molecule has 0 saturated carbocycles. The molecule has 0 radical (unpaired) electrons. The molecule has 0 spiro atoms. The van der Waals surface area contributed by atoms with Gasteiger partial charge in [-0.15, -0.1) is 0 Å². The maximum Gasteiger partial charge on any atom is 0.263 e. The van der Waals surface area contributed by atoms with E-state index in [4.69, 9.17) is 0 Å². The first kappa shape index (κ1) is 15.1. The Balaban J connectivity index is 2.90. The van der Waals surface area contributed by atoms with Crippen LogP contribution in [0.5, 0.6) is 0 Å². The van der Waals surface area contributed by atoms with Crippen LogP contribution in [0.15, 0.2) is 18.2 Å². The fourth-order valence-electron chi connectivity index (χ4n) is 2.55. The van der Waals surface area contributed by atoms with Crippen LogP contribution in [-0.2, 0) is 0 Å². The van der Waals surface area contributed by atoms with E-state index >= 15 is 0 Å². The number of aryl methyl sites for hydroxylation is 1. The third kappa shape index (κ3) is 4.08. The lowest BCUT2D eigenvalue weighted by atomic mass is 9.86. The summed E-state index contributed by atoms with van der Waals surface area (Å²) in [5, 5.41) is 0. The van der Waals surface area contributed by atoms with Crippen LogP contribution in [-0.4, -0.2) is 0 Å². The van der Waals surface area contributed by atoms with Gasteiger partial charge in [0.15, 0.2) is 0 Å². The summed E-state index contributed by atoms with van der Waals surface area (Å²) >= 11 is 0. The van der Waals surface area contributed by atoms with Crippen molar-refractivity contribution in [3.63, 3.8) is 0 Å². The van der Waals surface area contributed by atoms with Crippen LogP contribution in [0.25, 0.3) is 0 Å². The Hall–Kier alpha value is -0.920. The summed E-state index contributed by atoms with van der Waals surface area (Å²) in [6.07, 6.45) is 3.49. The Morgan fingerprint density at radius 3 is 2.28 bits per heavy atom. The molecule has 0 bridgehead atoms. The molecule has 1 aromatic carbocycles. The van der Waals surface area contributed by atoms with Gasteiger partial charge in [0, 0.05) is 5.56 Å². The standard InChI is InChI=1S/C16H24F2/c1-4-6-8-13(7-5-2)15-10-9-14(16(17)18)11-12(15)3/h9-11,13,16H,4-8H2,1-3H3. The summed E-state index contributed by atoms with van der Waals surface area (Å²) in [5.41, 5.74) is 2.42. The van der Waals surface area contributed by atoms with Gasteiger partial charge in [0.25, 0.3) is 6.43 Å². The van der Waals surface area contributed by atoms with Crippen LogP contribution in [0.3, 0.4) is 0 Å². The molecular formula is C16H24F2. The molecule has 0 nitrogen and oxygen atoms in total. The van der Waals surface area contributed by atoms with Gasteiger partial charge in [-0.05, 0) is 36.8 Å². The van der Waals surface area contributed by atoms with E-state index in [1.54, 1.807) is 12.1 Å². The first-order chi connectivity index (χ1) is 8.60. The molecule has 102 valence electrons. The SMILES string of the molecule is CCCCC(CCC)c1ccc(C(F)F)cc1C. The Morgan fingerprint density at radius 1 is 1.06 bits per heavy atom. The van der Waals surface area contributed by atoms with E-state index in [1.807, 2.05) is 13.0 Å². The number of benzene rings is 1. The van der Waals surface area contributed by atoms with E-state index in [1.165, 1.54) is 24.8 Å². The second-order valence-electron chi connectivity index (χ2n) is 5.04. The second kappa shape index (κ2) is 7.50. The van der Waals surface area contributed by atoms with Gasteiger partial charge in [0.1, 0.15) is 0 Å². The third-order valence-electron chi connectivity index (χ3n) is 3.53. The first-order valence-electron chi connectivity index (χ1n) is 6.98. The highest BCUT2D eigenvalue weighted by atomic mass is 19.3. The molecule has 1 atom stereocenters. The van der Waals surface area contributed by atoms with Crippen LogP contribution in [0.1, 0.15) is 75.0 Å². The van der Waals surface area contributed by atoms with Crippen molar-refractivity contribution in [2.75, 3.05) is 0 Å². The molecule has 1 rings (SSSR count). The van der Waals surface area contributed by atoms with Crippen LogP contribution in [0.2, 0.25) is 0 Å². The molecule has 0 amide bonds. The van der Waals surface area contributed by atoms with Crippen molar-refractivity contribution in [2.45, 2.75) is 65.2 Å². The molecule has 0 fully saturated rings. The highest BCUT2D eigenvalue weighted by Crippen LogP contribution is 2.31. The smallest absolute Gasteiger partial charge is 0.205 e. The Bertz CT molecular complexity index is 358. The summed E-state index contributed by atoms with van der Waals surface area (Å²) in [4.78, 5) is 0. The topological polar surface area (TPSA) is 0 Å². The summed E-state index contributed by atoms with van der Waals surface area (Å²) in [5.74, 6) is 0.529. The zero-order chi connectivity index (χ0) is 13.5. The molecule has 0 saturated heterocycles. The molecule has 0 aromatic heterocycles. The number of unbranched alkanes of at least 4 members (excludes halogenated alkanes) is 1. The average Bonchev–Trinajstić information content (AvgIpc) is 2.34. The summed E-state index contributed by atoms with van der Waals surface area (Å²) in [6, 6.07) is 5.14. The van der Waals surface area contributed by atoms with Crippen molar-refractivity contribution in [3.8, 4) is 0 Å². The van der Waals surface area contributed by atoms with E-state index in [2.05, 4.69) is 13.8 Å². The molecule has 0 heterocycles. The second-order valence-corrected chi connectivity index (χ2v) is 5.04. The molecule has 1 aromatic rings. The van der Waals surface area contributed by atoms with Gasteiger partial charge >= 0.3 is 0 Å². The molecule has 2 heteroatoms.